The van der Waals surface area contributed by atoms with Crippen LogP contribution < -0.4 is 9.80 Å². The van der Waals surface area contributed by atoms with Crippen LogP contribution in [0.3, 0.4) is 0 Å². The Morgan fingerprint density at radius 3 is 0.780 bits per heavy atom. The maximum atomic E-state index is 2.57. The monoisotopic (exact) mass is 1050 g/mol. The predicted octanol–water partition coefficient (Wildman–Crippen LogP) is 20.6. The van der Waals surface area contributed by atoms with Gasteiger partial charge in [-0.25, -0.2) is 0 Å². The van der Waals surface area contributed by atoms with Crippen LogP contribution in [0.1, 0.15) is 83.3 Å². The van der Waals surface area contributed by atoms with Crippen LogP contribution in [0.5, 0.6) is 0 Å². The van der Waals surface area contributed by atoms with Crippen molar-refractivity contribution < 1.29 is 0 Å². The first-order valence-electron chi connectivity index (χ1n) is 29.0. The van der Waals surface area contributed by atoms with E-state index in [-0.39, 0.29) is 10.8 Å². The van der Waals surface area contributed by atoms with Gasteiger partial charge in [-0.1, -0.05) is 246 Å². The number of benzene rings is 12. The molecule has 0 fully saturated rings. The highest BCUT2D eigenvalue weighted by Crippen LogP contribution is 2.70. The van der Waals surface area contributed by atoms with E-state index in [1.54, 1.807) is 0 Å². The van der Waals surface area contributed by atoms with Crippen molar-refractivity contribution in [3.8, 4) is 44.5 Å². The quantitative estimate of drug-likeness (QED) is 0.142. The first kappa shape index (κ1) is 48.2. The lowest BCUT2D eigenvalue weighted by Crippen LogP contribution is -2.50. The molecule has 390 valence electrons. The van der Waals surface area contributed by atoms with Crippen molar-refractivity contribution in [2.75, 3.05) is 9.80 Å². The van der Waals surface area contributed by atoms with Crippen molar-refractivity contribution in [2.45, 2.75) is 49.4 Å². The van der Waals surface area contributed by atoms with Crippen LogP contribution in [0, 0.1) is 0 Å². The number of hydrogen-bond acceptors (Lipinski definition) is 2. The van der Waals surface area contributed by atoms with E-state index in [1.807, 2.05) is 0 Å². The third-order valence-electron chi connectivity index (χ3n) is 19.2. The summed E-state index contributed by atoms with van der Waals surface area (Å²) in [7, 11) is 0. The second-order valence-corrected chi connectivity index (χ2v) is 23.9. The molecular formula is C80H60N2. The zero-order valence-corrected chi connectivity index (χ0v) is 46.6. The Kier molecular flexibility index (Phi) is 10.5. The second kappa shape index (κ2) is 17.9. The number of para-hydroxylation sites is 2. The van der Waals surface area contributed by atoms with Gasteiger partial charge in [0, 0.05) is 45.0 Å². The largest absolute Gasteiger partial charge is 0.310 e. The average Bonchev–Trinajstić information content (AvgIpc) is 1.62. The molecule has 0 amide bonds. The lowest BCUT2D eigenvalue weighted by Gasteiger charge is -2.51. The molecule has 12 aromatic carbocycles. The number of fused-ring (bicyclic) bond motifs is 12. The Morgan fingerprint density at radius 2 is 0.439 bits per heavy atom. The summed E-state index contributed by atoms with van der Waals surface area (Å²) in [5.74, 6) is 0. The first-order chi connectivity index (χ1) is 40.2. The minimum absolute atomic E-state index is 0.171. The molecule has 16 rings (SSSR count). The van der Waals surface area contributed by atoms with Gasteiger partial charge in [-0.15, -0.1) is 0 Å². The van der Waals surface area contributed by atoms with E-state index in [4.69, 9.17) is 0 Å². The third-order valence-corrected chi connectivity index (χ3v) is 19.2. The fourth-order valence-electron chi connectivity index (χ4n) is 15.8. The molecule has 0 saturated carbocycles. The van der Waals surface area contributed by atoms with Crippen LogP contribution in [0.15, 0.2) is 291 Å². The zero-order chi connectivity index (χ0) is 55.0. The molecule has 82 heavy (non-hydrogen) atoms. The molecule has 2 atom stereocenters. The topological polar surface area (TPSA) is 6.48 Å². The van der Waals surface area contributed by atoms with Gasteiger partial charge < -0.3 is 9.80 Å². The summed E-state index contributed by atoms with van der Waals surface area (Å²) in [4.78, 5) is 4.99. The van der Waals surface area contributed by atoms with Gasteiger partial charge in [-0.3, -0.25) is 0 Å². The summed E-state index contributed by atoms with van der Waals surface area (Å²) in [6.45, 7) is 9.52. The molecule has 0 aliphatic heterocycles. The normalized spacial score (nSPS) is 17.6. The van der Waals surface area contributed by atoms with Gasteiger partial charge in [0.25, 0.3) is 0 Å². The number of hydrogen-bond donors (Lipinski definition) is 0. The van der Waals surface area contributed by atoms with Crippen molar-refractivity contribution in [1.29, 1.82) is 0 Å². The first-order valence-corrected chi connectivity index (χ1v) is 29.0. The number of rotatable bonds is 9. The summed E-state index contributed by atoms with van der Waals surface area (Å²) in [5, 5.41) is 0. The molecule has 0 aromatic heterocycles. The minimum Gasteiger partial charge on any atom is -0.310 e. The predicted molar refractivity (Wildman–Crippen MR) is 341 cm³/mol. The molecule has 2 unspecified atom stereocenters. The molecule has 12 aromatic rings. The van der Waals surface area contributed by atoms with E-state index in [0.717, 1.165) is 34.1 Å². The van der Waals surface area contributed by atoms with E-state index < -0.39 is 10.8 Å². The number of nitrogens with zero attached hydrogens (tertiary/aromatic N) is 2. The second-order valence-electron chi connectivity index (χ2n) is 23.9. The van der Waals surface area contributed by atoms with Crippen LogP contribution in [-0.4, -0.2) is 0 Å². The van der Waals surface area contributed by atoms with E-state index in [1.165, 1.54) is 100 Å². The van der Waals surface area contributed by atoms with Crippen molar-refractivity contribution in [3.63, 3.8) is 0 Å². The Morgan fingerprint density at radius 1 is 0.195 bits per heavy atom. The van der Waals surface area contributed by atoms with Crippen LogP contribution >= 0.6 is 0 Å². The molecule has 2 heteroatoms. The Bertz CT molecular complexity index is 4230. The van der Waals surface area contributed by atoms with Crippen molar-refractivity contribution in [3.05, 3.63) is 347 Å². The van der Waals surface area contributed by atoms with Crippen LogP contribution in [-0.2, 0) is 21.7 Å². The van der Waals surface area contributed by atoms with Gasteiger partial charge in [0.2, 0.25) is 0 Å². The Balaban J connectivity index is 0.990. The SMILES string of the molecule is CC1(C)c2ccccc2-c2ccc(N(c3ccccc3)c3ccc4c(c3)C(c3ccccc3)(C3(c5ccccc5)c5ccccc5-c5ccc(N(c6ccccc6)c6ccc7c(c6)C(C)(C)c6ccccc6-7)cc53)c3ccccc3-4)cc21. The highest BCUT2D eigenvalue weighted by atomic mass is 15.1. The van der Waals surface area contributed by atoms with E-state index in [2.05, 4.69) is 329 Å². The molecule has 0 N–H and O–H groups in total. The minimum atomic E-state index is -0.831. The molecule has 4 aliphatic rings. The van der Waals surface area contributed by atoms with E-state index in [0.29, 0.717) is 0 Å². The lowest BCUT2D eigenvalue weighted by molar-refractivity contribution is 0.437. The lowest BCUT2D eigenvalue weighted by atomic mass is 9.49. The zero-order valence-electron chi connectivity index (χ0n) is 46.6. The van der Waals surface area contributed by atoms with Gasteiger partial charge >= 0.3 is 0 Å². The fraction of sp³-hybridized carbons (Fsp3) is 0.100. The summed E-state index contributed by atoms with van der Waals surface area (Å²) in [6, 6.07) is 111. The molecule has 0 bridgehead atoms. The van der Waals surface area contributed by atoms with Crippen LogP contribution in [0.4, 0.5) is 34.1 Å². The number of anilines is 6. The third kappa shape index (κ3) is 6.52. The Labute approximate surface area is 481 Å². The van der Waals surface area contributed by atoms with Gasteiger partial charge in [0.15, 0.2) is 0 Å². The average molecular weight is 1050 g/mol. The smallest absolute Gasteiger partial charge is 0.0642 e. The van der Waals surface area contributed by atoms with Crippen LogP contribution in [0.2, 0.25) is 0 Å². The standard InChI is InChI=1S/C80H60N2/c1-77(2)69-37-21-17-33-61(69)65-45-41-57(49-73(65)77)81(55-29-13-7-14-30-55)59-43-47-67-63-35-19-23-39-71(63)79(75(67)51-59,53-25-9-5-10-26-53)80(54-27-11-6-12-28-54)72-40-24-20-36-64(72)68-48-44-60(52-76(68)80)82(56-31-15-8-16-32-56)58-42-46-66-62-34-18-22-38-70(62)78(3,4)74(66)50-58/h5-52H,1-4H3. The van der Waals surface area contributed by atoms with Crippen molar-refractivity contribution >= 4 is 34.1 Å². The maximum Gasteiger partial charge on any atom is 0.0642 e. The van der Waals surface area contributed by atoms with Gasteiger partial charge in [0.05, 0.1) is 10.8 Å². The molecule has 4 aliphatic carbocycles. The Hall–Kier alpha value is -9.76. The maximum absolute atomic E-state index is 2.57. The summed E-state index contributed by atoms with van der Waals surface area (Å²) >= 11 is 0. The highest BCUT2D eigenvalue weighted by molar-refractivity contribution is 5.97. The molecule has 2 nitrogen and oxygen atoms in total. The van der Waals surface area contributed by atoms with Gasteiger partial charge in [-0.05, 0) is 173 Å². The molecule has 0 heterocycles. The molecular weight excluding hydrogens is 989 g/mol. The van der Waals surface area contributed by atoms with Gasteiger partial charge in [-0.2, -0.15) is 0 Å². The van der Waals surface area contributed by atoms with Crippen molar-refractivity contribution in [2.24, 2.45) is 0 Å². The van der Waals surface area contributed by atoms with Crippen LogP contribution in [0.25, 0.3) is 44.5 Å². The van der Waals surface area contributed by atoms with Crippen molar-refractivity contribution in [1.82, 2.24) is 0 Å². The summed E-state index contributed by atoms with van der Waals surface area (Å²) < 4.78 is 0. The van der Waals surface area contributed by atoms with Gasteiger partial charge in [0.1, 0.15) is 0 Å². The fourth-order valence-corrected chi connectivity index (χ4v) is 15.8. The summed E-state index contributed by atoms with van der Waals surface area (Å²) in [6.07, 6.45) is 0. The van der Waals surface area contributed by atoms with E-state index in [9.17, 15) is 0 Å². The highest BCUT2D eigenvalue weighted by Gasteiger charge is 2.64. The summed E-state index contributed by atoms with van der Waals surface area (Å²) in [5.41, 5.74) is 27.9. The molecule has 0 saturated heterocycles. The molecule has 0 radical (unpaired) electrons. The molecule has 0 spiro atoms. The van der Waals surface area contributed by atoms with E-state index >= 15 is 0 Å².